The SMILES string of the molecule is CON(C(C)=O)C1(CCC(C)C)C(=O)C(C2=NS(O)(O)c3cc(NC(=O)O)ccc3N2)=C(O)c2ccccc21. The second-order valence-corrected chi connectivity index (χ2v) is 11.3. The van der Waals surface area contributed by atoms with Gasteiger partial charge in [-0.2, -0.15) is 0 Å². The molecule has 0 fully saturated rings. The van der Waals surface area contributed by atoms with Gasteiger partial charge in [0.15, 0.2) is 11.4 Å². The minimum atomic E-state index is -3.94. The molecule has 0 spiro atoms. The number of hydrogen-bond donors (Lipinski definition) is 6. The highest BCUT2D eigenvalue weighted by Crippen LogP contribution is 2.57. The maximum absolute atomic E-state index is 14.5. The number of hydrogen-bond acceptors (Lipinski definition) is 9. The summed E-state index contributed by atoms with van der Waals surface area (Å²) < 4.78 is 25.9. The summed E-state index contributed by atoms with van der Waals surface area (Å²) in [6, 6.07) is 10.6. The molecule has 13 heteroatoms. The fraction of sp³-hybridized carbons (Fsp3) is 0.308. The van der Waals surface area contributed by atoms with Crippen LogP contribution in [0, 0.1) is 5.92 Å². The molecule has 4 rings (SSSR count). The topological polar surface area (TPSA) is 181 Å². The van der Waals surface area contributed by atoms with Gasteiger partial charge in [0.1, 0.15) is 16.2 Å². The first-order valence-electron chi connectivity index (χ1n) is 12.1. The Morgan fingerprint density at radius 1 is 1.21 bits per heavy atom. The Morgan fingerprint density at radius 3 is 2.51 bits per heavy atom. The molecule has 39 heavy (non-hydrogen) atoms. The third-order valence-corrected chi connectivity index (χ3v) is 7.97. The molecule has 1 atom stereocenters. The van der Waals surface area contributed by atoms with Gasteiger partial charge in [0.25, 0.3) is 0 Å². The van der Waals surface area contributed by atoms with Gasteiger partial charge in [0.05, 0.1) is 12.8 Å². The van der Waals surface area contributed by atoms with Crippen LogP contribution >= 0.6 is 10.8 Å². The van der Waals surface area contributed by atoms with E-state index in [1.165, 1.54) is 32.2 Å². The normalized spacial score (nSPS) is 20.4. The van der Waals surface area contributed by atoms with Crippen molar-refractivity contribution in [3.8, 4) is 0 Å². The fourth-order valence-corrected chi connectivity index (χ4v) is 6.12. The molecule has 0 bridgehead atoms. The molecule has 2 aromatic carbocycles. The van der Waals surface area contributed by atoms with Gasteiger partial charge in [-0.1, -0.05) is 48.9 Å². The molecule has 2 amide bonds. The van der Waals surface area contributed by atoms with E-state index in [1.807, 2.05) is 13.8 Å². The van der Waals surface area contributed by atoms with Crippen molar-refractivity contribution in [1.82, 2.24) is 5.06 Å². The number of amidine groups is 1. The quantitative estimate of drug-likeness (QED) is 0.248. The number of carboxylic acid groups (broad SMARTS) is 1. The van der Waals surface area contributed by atoms with Crippen LogP contribution in [0.25, 0.3) is 5.76 Å². The number of nitrogens with zero attached hydrogens (tertiary/aromatic N) is 2. The van der Waals surface area contributed by atoms with Gasteiger partial charge in [-0.15, -0.1) is 4.40 Å². The van der Waals surface area contributed by atoms with Gasteiger partial charge >= 0.3 is 6.09 Å². The number of anilines is 2. The number of carbonyl (C=O) groups excluding carboxylic acids is 2. The van der Waals surface area contributed by atoms with E-state index < -0.39 is 39.9 Å². The first-order chi connectivity index (χ1) is 18.3. The fourth-order valence-electron chi connectivity index (χ4n) is 4.93. The summed E-state index contributed by atoms with van der Waals surface area (Å²) in [5.74, 6) is -1.88. The zero-order valence-corrected chi connectivity index (χ0v) is 22.6. The molecule has 1 unspecified atom stereocenters. The highest BCUT2D eigenvalue weighted by atomic mass is 32.3. The number of nitrogens with one attached hydrogen (secondary N) is 2. The number of ketones is 1. The number of carbonyl (C=O) groups is 3. The van der Waals surface area contributed by atoms with E-state index in [9.17, 15) is 28.6 Å². The number of fused-ring (bicyclic) bond motifs is 2. The monoisotopic (exact) mass is 558 g/mol. The second kappa shape index (κ2) is 10.3. The molecule has 6 N–H and O–H groups in total. The summed E-state index contributed by atoms with van der Waals surface area (Å²) in [7, 11) is -2.67. The van der Waals surface area contributed by atoms with Crippen molar-refractivity contribution in [3.63, 3.8) is 0 Å². The van der Waals surface area contributed by atoms with E-state index in [0.29, 0.717) is 12.0 Å². The molecule has 2 aliphatic rings. The average molecular weight is 559 g/mol. The van der Waals surface area contributed by atoms with Crippen LogP contribution in [-0.2, 0) is 20.0 Å². The minimum absolute atomic E-state index is 0.0799. The number of aliphatic hydroxyl groups excluding tert-OH is 1. The van der Waals surface area contributed by atoms with Gasteiger partial charge in [-0.25, -0.2) is 9.86 Å². The van der Waals surface area contributed by atoms with E-state index >= 15 is 0 Å². The predicted molar refractivity (Wildman–Crippen MR) is 147 cm³/mol. The lowest BCUT2D eigenvalue weighted by Crippen LogP contribution is -2.57. The highest BCUT2D eigenvalue weighted by Gasteiger charge is 2.55. The van der Waals surface area contributed by atoms with Crippen LogP contribution in [0.5, 0.6) is 0 Å². The van der Waals surface area contributed by atoms with Crippen molar-refractivity contribution in [3.05, 3.63) is 59.2 Å². The number of aliphatic hydroxyl groups is 1. The van der Waals surface area contributed by atoms with Crippen molar-refractivity contribution in [2.75, 3.05) is 17.7 Å². The molecule has 1 heterocycles. The Hall–Kier alpha value is -3.91. The number of Topliss-reactive ketones (excluding diaryl/α,β-unsaturated/α-hetero) is 1. The first-order valence-corrected chi connectivity index (χ1v) is 13.6. The Kier molecular flexibility index (Phi) is 7.45. The Bertz CT molecular complexity index is 1420. The molecule has 0 aromatic heterocycles. The van der Waals surface area contributed by atoms with Gasteiger partial charge in [-0.3, -0.25) is 28.8 Å². The zero-order valence-electron chi connectivity index (χ0n) is 21.8. The van der Waals surface area contributed by atoms with E-state index in [0.717, 1.165) is 5.06 Å². The van der Waals surface area contributed by atoms with Crippen molar-refractivity contribution < 1.29 is 38.5 Å². The Morgan fingerprint density at radius 2 is 1.90 bits per heavy atom. The van der Waals surface area contributed by atoms with Crippen LogP contribution in [0.3, 0.4) is 0 Å². The maximum Gasteiger partial charge on any atom is 0.409 e. The predicted octanol–water partition coefficient (Wildman–Crippen LogP) is 5.22. The van der Waals surface area contributed by atoms with Crippen LogP contribution in [0.2, 0.25) is 0 Å². The van der Waals surface area contributed by atoms with E-state index in [2.05, 4.69) is 15.0 Å². The molecular weight excluding hydrogens is 528 g/mol. The second-order valence-electron chi connectivity index (χ2n) is 9.61. The van der Waals surface area contributed by atoms with Gasteiger partial charge in [0.2, 0.25) is 11.7 Å². The average Bonchev–Trinajstić information content (AvgIpc) is 2.85. The number of hydroxylamine groups is 2. The van der Waals surface area contributed by atoms with Crippen LogP contribution in [0.1, 0.15) is 44.7 Å². The van der Waals surface area contributed by atoms with E-state index in [1.54, 1.807) is 24.3 Å². The molecule has 1 aliphatic heterocycles. The molecule has 2 aromatic rings. The molecule has 208 valence electrons. The molecular formula is C26H30N4O8S. The van der Waals surface area contributed by atoms with Crippen LogP contribution in [0.15, 0.2) is 57.3 Å². The minimum Gasteiger partial charge on any atom is -0.506 e. The smallest absolute Gasteiger partial charge is 0.409 e. The van der Waals surface area contributed by atoms with Gasteiger partial charge in [0, 0.05) is 18.2 Å². The van der Waals surface area contributed by atoms with Crippen LogP contribution in [0.4, 0.5) is 16.2 Å². The number of benzene rings is 2. The number of amides is 2. The summed E-state index contributed by atoms with van der Waals surface area (Å²) >= 11 is 0. The summed E-state index contributed by atoms with van der Waals surface area (Å²) in [6.07, 6.45) is -0.681. The van der Waals surface area contributed by atoms with E-state index in [-0.39, 0.29) is 45.6 Å². The highest BCUT2D eigenvalue weighted by molar-refractivity contribution is 8.23. The van der Waals surface area contributed by atoms with Crippen LogP contribution in [-0.4, -0.2) is 55.1 Å². The van der Waals surface area contributed by atoms with Crippen molar-refractivity contribution in [2.45, 2.75) is 44.0 Å². The summed E-state index contributed by atoms with van der Waals surface area (Å²) in [4.78, 5) is 43.7. The molecule has 1 aliphatic carbocycles. The van der Waals surface area contributed by atoms with E-state index in [4.69, 9.17) is 9.94 Å². The van der Waals surface area contributed by atoms with Crippen LogP contribution < -0.4 is 10.6 Å². The third kappa shape index (κ3) is 4.85. The Balaban J connectivity index is 1.93. The molecule has 0 radical (unpaired) electrons. The van der Waals surface area contributed by atoms with Gasteiger partial charge < -0.3 is 15.5 Å². The molecule has 12 nitrogen and oxygen atoms in total. The number of rotatable bonds is 7. The standard InChI is InChI=1S/C26H30N4O8S/c1-14(2)11-12-26(30(38-4)15(3)31)18-8-6-5-7-17(18)22(32)21(23(26)33)24-28-19-10-9-16(27-25(34)35)13-20(19)39(36,37)29-24/h5-10,13-14,27,32,36-37H,11-12H2,1-4H3,(H,28,29)(H,34,35). The molecule has 0 saturated carbocycles. The lowest BCUT2D eigenvalue weighted by atomic mass is 9.70. The lowest BCUT2D eigenvalue weighted by molar-refractivity contribution is -0.211. The molecule has 0 saturated heterocycles. The first kappa shape index (κ1) is 28.1. The summed E-state index contributed by atoms with van der Waals surface area (Å²) in [5, 5.41) is 26.4. The van der Waals surface area contributed by atoms with Gasteiger partial charge in [-0.05, 0) is 42.5 Å². The third-order valence-electron chi connectivity index (χ3n) is 6.60. The largest absolute Gasteiger partial charge is 0.506 e. The Labute approximate surface area is 226 Å². The summed E-state index contributed by atoms with van der Waals surface area (Å²) in [5.41, 5.74) is -1.19. The lowest BCUT2D eigenvalue weighted by Gasteiger charge is -2.45. The zero-order chi connectivity index (χ0) is 28.7. The van der Waals surface area contributed by atoms with Crippen molar-refractivity contribution in [1.29, 1.82) is 0 Å². The summed E-state index contributed by atoms with van der Waals surface area (Å²) in [6.45, 7) is 5.21. The van der Waals surface area contributed by atoms with Crippen molar-refractivity contribution in [2.24, 2.45) is 10.3 Å². The van der Waals surface area contributed by atoms with Crippen molar-refractivity contribution >= 4 is 51.5 Å². The maximum atomic E-state index is 14.5.